The first-order chi connectivity index (χ1) is 15.2. The van der Waals surface area contributed by atoms with Crippen LogP contribution in [0.4, 0.5) is 5.82 Å². The lowest BCUT2D eigenvalue weighted by Gasteiger charge is -2.28. The van der Waals surface area contributed by atoms with Crippen LogP contribution in [0.5, 0.6) is 0 Å². The van der Waals surface area contributed by atoms with Crippen molar-refractivity contribution in [2.75, 3.05) is 45.1 Å². The van der Waals surface area contributed by atoms with E-state index in [4.69, 9.17) is 15.6 Å². The number of hydrogen-bond donors (Lipinski definition) is 1. The van der Waals surface area contributed by atoms with Gasteiger partial charge in [0, 0.05) is 31.7 Å². The Hall–Kier alpha value is -3.22. The highest BCUT2D eigenvalue weighted by Crippen LogP contribution is 2.33. The van der Waals surface area contributed by atoms with Crippen LogP contribution in [-0.2, 0) is 11.3 Å². The number of nitrogen functional groups attached to an aromatic ring is 1. The van der Waals surface area contributed by atoms with E-state index in [0.29, 0.717) is 12.4 Å². The minimum absolute atomic E-state index is 0.0829. The maximum absolute atomic E-state index is 9.33. The van der Waals surface area contributed by atoms with Crippen molar-refractivity contribution < 1.29 is 4.74 Å². The molecule has 3 aromatic rings. The molecule has 2 saturated heterocycles. The number of likely N-dealkylation sites (tertiary alicyclic amines) is 1. The van der Waals surface area contributed by atoms with Crippen LogP contribution in [-0.4, -0.2) is 68.9 Å². The first kappa shape index (κ1) is 19.7. The monoisotopic (exact) mass is 418 g/mol. The second kappa shape index (κ2) is 8.49. The summed E-state index contributed by atoms with van der Waals surface area (Å²) in [7, 11) is 0. The Morgan fingerprint density at radius 1 is 1.13 bits per heavy atom. The van der Waals surface area contributed by atoms with Crippen LogP contribution in [0.15, 0.2) is 30.6 Å². The van der Waals surface area contributed by atoms with Crippen molar-refractivity contribution in [2.24, 2.45) is 0 Å². The van der Waals surface area contributed by atoms with E-state index >= 15 is 0 Å². The molecule has 9 heteroatoms. The van der Waals surface area contributed by atoms with Crippen LogP contribution in [0, 0.1) is 11.5 Å². The maximum Gasteiger partial charge on any atom is 0.179 e. The zero-order chi connectivity index (χ0) is 21.2. The maximum atomic E-state index is 9.33. The largest absolute Gasteiger partial charge is 0.383 e. The van der Waals surface area contributed by atoms with Crippen molar-refractivity contribution in [2.45, 2.75) is 25.4 Å². The van der Waals surface area contributed by atoms with Crippen LogP contribution in [0.25, 0.3) is 22.3 Å². The summed E-state index contributed by atoms with van der Waals surface area (Å²) in [5.41, 5.74) is 10.0. The number of ether oxygens (including phenoxy) is 1. The number of benzene rings is 1. The topological polar surface area (TPSA) is 109 Å². The summed E-state index contributed by atoms with van der Waals surface area (Å²) in [6.45, 7) is 5.86. The highest BCUT2D eigenvalue weighted by Gasteiger charge is 2.26. The summed E-state index contributed by atoms with van der Waals surface area (Å²) in [5, 5.41) is 15.0. The second-order valence-corrected chi connectivity index (χ2v) is 8.18. The molecule has 2 N–H and O–H groups in total. The van der Waals surface area contributed by atoms with Gasteiger partial charge in [0.1, 0.15) is 17.8 Å². The molecule has 0 unspecified atom stereocenters. The lowest BCUT2D eigenvalue weighted by Crippen LogP contribution is -2.35. The normalized spacial score (nSPS) is 20.1. The van der Waals surface area contributed by atoms with Crippen molar-refractivity contribution in [3.05, 3.63) is 36.2 Å². The van der Waals surface area contributed by atoms with E-state index in [1.807, 2.05) is 4.68 Å². The van der Waals surface area contributed by atoms with Crippen LogP contribution in [0.3, 0.4) is 0 Å². The predicted molar refractivity (Wildman–Crippen MR) is 117 cm³/mol. The first-order valence-corrected chi connectivity index (χ1v) is 10.8. The van der Waals surface area contributed by atoms with Gasteiger partial charge in [-0.05, 0) is 18.4 Å². The minimum Gasteiger partial charge on any atom is -0.383 e. The minimum atomic E-state index is 0.0829. The van der Waals surface area contributed by atoms with Crippen molar-refractivity contribution in [3.8, 4) is 17.5 Å². The van der Waals surface area contributed by atoms with E-state index in [2.05, 4.69) is 45.3 Å². The number of anilines is 1. The summed E-state index contributed by atoms with van der Waals surface area (Å²) in [5.74, 6) is 0.427. The summed E-state index contributed by atoms with van der Waals surface area (Å²) in [4.78, 5) is 12.9. The molecular formula is C22H26N8O. The SMILES string of the molecule is N#CN1CCC[C@@H](n2nc(-c3ccc(CN4CCOCC4)cc3)c3c(N)ncnc32)C1. The second-order valence-electron chi connectivity index (χ2n) is 8.18. The molecule has 0 amide bonds. The average Bonchev–Trinajstić information content (AvgIpc) is 3.21. The molecular weight excluding hydrogens is 392 g/mol. The van der Waals surface area contributed by atoms with Crippen molar-refractivity contribution in [3.63, 3.8) is 0 Å². The Morgan fingerprint density at radius 3 is 2.71 bits per heavy atom. The van der Waals surface area contributed by atoms with Crippen molar-refractivity contribution in [1.29, 1.82) is 5.26 Å². The number of fused-ring (bicyclic) bond motifs is 1. The van der Waals surface area contributed by atoms with E-state index in [1.165, 1.54) is 11.9 Å². The van der Waals surface area contributed by atoms with Crippen LogP contribution < -0.4 is 5.73 Å². The number of hydrogen-bond acceptors (Lipinski definition) is 8. The number of piperidine rings is 1. The molecule has 1 atom stereocenters. The zero-order valence-corrected chi connectivity index (χ0v) is 17.4. The van der Waals surface area contributed by atoms with E-state index in [1.54, 1.807) is 4.90 Å². The number of aromatic nitrogens is 4. The lowest BCUT2D eigenvalue weighted by atomic mass is 10.1. The van der Waals surface area contributed by atoms with Gasteiger partial charge in [0.05, 0.1) is 31.2 Å². The molecule has 2 fully saturated rings. The van der Waals surface area contributed by atoms with Crippen molar-refractivity contribution in [1.82, 2.24) is 29.5 Å². The molecule has 5 rings (SSSR count). The number of nitrogens with zero attached hydrogens (tertiary/aromatic N) is 7. The van der Waals surface area contributed by atoms with Gasteiger partial charge in [-0.1, -0.05) is 24.3 Å². The number of morpholine rings is 1. The molecule has 0 spiro atoms. The van der Waals surface area contributed by atoms with Gasteiger partial charge in [0.15, 0.2) is 11.8 Å². The Labute approximate surface area is 181 Å². The molecule has 2 aliphatic rings. The molecule has 2 aliphatic heterocycles. The smallest absolute Gasteiger partial charge is 0.179 e. The van der Waals surface area contributed by atoms with Gasteiger partial charge < -0.3 is 15.4 Å². The Morgan fingerprint density at radius 2 is 1.94 bits per heavy atom. The molecule has 0 aliphatic carbocycles. The zero-order valence-electron chi connectivity index (χ0n) is 17.4. The van der Waals surface area contributed by atoms with Gasteiger partial charge in [-0.15, -0.1) is 0 Å². The first-order valence-electron chi connectivity index (χ1n) is 10.8. The highest BCUT2D eigenvalue weighted by molar-refractivity contribution is 5.98. The van der Waals surface area contributed by atoms with Crippen LogP contribution >= 0.6 is 0 Å². The third-order valence-corrected chi connectivity index (χ3v) is 6.14. The molecule has 0 saturated carbocycles. The van der Waals surface area contributed by atoms with Gasteiger partial charge in [0.2, 0.25) is 0 Å². The molecule has 0 bridgehead atoms. The van der Waals surface area contributed by atoms with Gasteiger partial charge in [-0.25, -0.2) is 14.6 Å². The van der Waals surface area contributed by atoms with Gasteiger partial charge in [0.25, 0.3) is 0 Å². The number of nitriles is 1. The molecule has 160 valence electrons. The summed E-state index contributed by atoms with van der Waals surface area (Å²) in [6.07, 6.45) is 5.65. The molecule has 2 aromatic heterocycles. The third kappa shape index (κ3) is 3.92. The van der Waals surface area contributed by atoms with E-state index in [-0.39, 0.29) is 6.04 Å². The van der Waals surface area contributed by atoms with Gasteiger partial charge in [-0.3, -0.25) is 4.90 Å². The number of nitrogens with two attached hydrogens (primary N) is 1. The molecule has 4 heterocycles. The Balaban J connectivity index is 1.47. The summed E-state index contributed by atoms with van der Waals surface area (Å²) < 4.78 is 7.37. The third-order valence-electron chi connectivity index (χ3n) is 6.14. The molecule has 1 aromatic carbocycles. The average molecular weight is 419 g/mol. The molecule has 31 heavy (non-hydrogen) atoms. The Kier molecular flexibility index (Phi) is 5.40. The summed E-state index contributed by atoms with van der Waals surface area (Å²) >= 11 is 0. The van der Waals surface area contributed by atoms with E-state index in [9.17, 15) is 5.26 Å². The Bertz CT molecular complexity index is 1100. The predicted octanol–water partition coefficient (Wildman–Crippen LogP) is 2.03. The number of rotatable bonds is 4. The fourth-order valence-electron chi connectivity index (χ4n) is 4.48. The standard InChI is InChI=1S/C22H26N8O/c23-14-29-7-1-2-18(13-29)30-22-19(21(24)25-15-26-22)20(27-30)17-5-3-16(4-6-17)12-28-8-10-31-11-9-28/h3-6,15,18H,1-2,7-13H2,(H2,24,25,26)/t18-/m1/s1. The highest BCUT2D eigenvalue weighted by atomic mass is 16.5. The van der Waals surface area contributed by atoms with Gasteiger partial charge >= 0.3 is 0 Å². The lowest BCUT2D eigenvalue weighted by molar-refractivity contribution is 0.0342. The van der Waals surface area contributed by atoms with E-state index in [0.717, 1.165) is 74.5 Å². The van der Waals surface area contributed by atoms with E-state index < -0.39 is 0 Å². The quantitative estimate of drug-likeness (QED) is 0.641. The van der Waals surface area contributed by atoms with Crippen LogP contribution in [0.2, 0.25) is 0 Å². The van der Waals surface area contributed by atoms with Crippen molar-refractivity contribution >= 4 is 16.9 Å². The van der Waals surface area contributed by atoms with Gasteiger partial charge in [-0.2, -0.15) is 10.4 Å². The molecule has 0 radical (unpaired) electrons. The molecule has 9 nitrogen and oxygen atoms in total. The fraction of sp³-hybridized carbons (Fsp3) is 0.455. The fourth-order valence-corrected chi connectivity index (χ4v) is 4.48. The summed E-state index contributed by atoms with van der Waals surface area (Å²) in [6, 6.07) is 8.56. The van der Waals surface area contributed by atoms with Crippen LogP contribution in [0.1, 0.15) is 24.4 Å².